The first-order chi connectivity index (χ1) is 12.4. The van der Waals surface area contributed by atoms with Gasteiger partial charge in [-0.3, -0.25) is 4.79 Å². The molecule has 1 fully saturated rings. The highest BCUT2D eigenvalue weighted by molar-refractivity contribution is 5.91. The van der Waals surface area contributed by atoms with Crippen LogP contribution in [-0.2, 0) is 9.53 Å². The molecule has 0 spiro atoms. The van der Waals surface area contributed by atoms with E-state index in [4.69, 9.17) is 9.15 Å². The van der Waals surface area contributed by atoms with Crippen molar-refractivity contribution in [2.75, 3.05) is 6.61 Å². The molecule has 7 heteroatoms. The minimum atomic E-state index is -0.923. The van der Waals surface area contributed by atoms with Crippen LogP contribution in [0.3, 0.4) is 0 Å². The van der Waals surface area contributed by atoms with Gasteiger partial charge in [0.25, 0.3) is 5.91 Å². The molecule has 2 aromatic rings. The molecule has 0 aliphatic heterocycles. The molecule has 1 saturated carbocycles. The smallest absolute Gasteiger partial charge is 0.361 e. The second kappa shape index (κ2) is 7.00. The predicted octanol–water partition coefficient (Wildman–Crippen LogP) is 2.62. The van der Waals surface area contributed by atoms with Crippen molar-refractivity contribution in [2.24, 2.45) is 5.92 Å². The number of aromatic nitrogens is 1. The molecule has 3 rings (SSSR count). The largest absolute Gasteiger partial charge is 0.451 e. The average Bonchev–Trinajstić information content (AvgIpc) is 3.43. The topological polar surface area (TPSA) is 105 Å². The normalized spacial score (nSPS) is 15.6. The number of aryl methyl sites for hydroxylation is 1. The van der Waals surface area contributed by atoms with Crippen molar-refractivity contribution in [2.45, 2.75) is 32.2 Å². The highest BCUT2D eigenvalue weighted by atomic mass is 16.5. The van der Waals surface area contributed by atoms with Crippen LogP contribution in [0.1, 0.15) is 36.0 Å². The molecule has 1 aliphatic rings. The maximum absolute atomic E-state index is 12.2. The van der Waals surface area contributed by atoms with E-state index >= 15 is 0 Å². The molecule has 0 unspecified atom stereocenters. The van der Waals surface area contributed by atoms with Crippen molar-refractivity contribution in [3.63, 3.8) is 0 Å². The van der Waals surface area contributed by atoms with Crippen LogP contribution < -0.4 is 5.32 Å². The zero-order chi connectivity index (χ0) is 18.7. The van der Waals surface area contributed by atoms with E-state index in [-0.39, 0.29) is 11.6 Å². The molecule has 7 nitrogen and oxygen atoms in total. The summed E-state index contributed by atoms with van der Waals surface area (Å²) in [6.45, 7) is 2.81. The van der Waals surface area contributed by atoms with Gasteiger partial charge in [0.1, 0.15) is 11.3 Å². The summed E-state index contributed by atoms with van der Waals surface area (Å²) in [5.41, 5.74) is -0.156. The first-order valence-electron chi connectivity index (χ1n) is 8.35. The quantitative estimate of drug-likeness (QED) is 0.800. The molecule has 1 heterocycles. The number of oxazole rings is 1. The minimum absolute atomic E-state index is 0.0295. The van der Waals surface area contributed by atoms with Crippen LogP contribution in [0.5, 0.6) is 0 Å². The lowest BCUT2D eigenvalue weighted by Gasteiger charge is -2.22. The van der Waals surface area contributed by atoms with Gasteiger partial charge in [-0.2, -0.15) is 5.26 Å². The molecular formula is C19H19N3O4. The van der Waals surface area contributed by atoms with Crippen LogP contribution in [0.25, 0.3) is 11.5 Å². The molecule has 1 aliphatic carbocycles. The minimum Gasteiger partial charge on any atom is -0.451 e. The Hall–Kier alpha value is -3.14. The summed E-state index contributed by atoms with van der Waals surface area (Å²) >= 11 is 0. The van der Waals surface area contributed by atoms with Crippen molar-refractivity contribution in [1.82, 2.24) is 10.3 Å². The Bertz CT molecular complexity index is 865. The van der Waals surface area contributed by atoms with Crippen molar-refractivity contribution >= 4 is 11.9 Å². The predicted molar refractivity (Wildman–Crippen MR) is 91.8 cm³/mol. The standard InChI is InChI=1S/C19H19N3O4/c1-12-16(21-17(26-12)13-6-4-3-5-7-13)18(24)25-10-15(23)22-19(2,11-20)14-8-9-14/h3-7,14H,8-10H2,1-2H3,(H,22,23)/t19-/m1/s1. The Balaban J connectivity index is 1.61. The summed E-state index contributed by atoms with van der Waals surface area (Å²) in [5.74, 6) is -0.481. The number of nitrogens with zero attached hydrogens (tertiary/aromatic N) is 2. The number of hydrogen-bond donors (Lipinski definition) is 1. The first-order valence-corrected chi connectivity index (χ1v) is 8.35. The van der Waals surface area contributed by atoms with Crippen LogP contribution >= 0.6 is 0 Å². The Kier molecular flexibility index (Phi) is 4.76. The Morgan fingerprint density at radius 2 is 2.08 bits per heavy atom. The van der Waals surface area contributed by atoms with E-state index in [0.717, 1.165) is 18.4 Å². The molecule has 134 valence electrons. The lowest BCUT2D eigenvalue weighted by Crippen LogP contribution is -2.48. The summed E-state index contributed by atoms with van der Waals surface area (Å²) in [4.78, 5) is 28.4. The number of ether oxygens (including phenoxy) is 1. The van der Waals surface area contributed by atoms with Crippen LogP contribution in [0.15, 0.2) is 34.7 Å². The summed E-state index contributed by atoms with van der Waals surface area (Å²) in [6.07, 6.45) is 1.81. The van der Waals surface area contributed by atoms with Crippen molar-refractivity contribution in [3.05, 3.63) is 41.8 Å². The Morgan fingerprint density at radius 3 is 2.69 bits per heavy atom. The number of nitriles is 1. The molecule has 0 radical (unpaired) electrons. The third-order valence-corrected chi connectivity index (χ3v) is 4.37. The molecule has 1 aromatic carbocycles. The van der Waals surface area contributed by atoms with Crippen molar-refractivity contribution in [3.8, 4) is 17.5 Å². The highest BCUT2D eigenvalue weighted by Gasteiger charge is 2.43. The highest BCUT2D eigenvalue weighted by Crippen LogP contribution is 2.39. The fourth-order valence-electron chi connectivity index (χ4n) is 2.70. The number of nitrogens with one attached hydrogen (secondary N) is 1. The molecule has 1 amide bonds. The van der Waals surface area contributed by atoms with Gasteiger partial charge >= 0.3 is 5.97 Å². The van der Waals surface area contributed by atoms with E-state index in [1.807, 2.05) is 30.3 Å². The fourth-order valence-corrected chi connectivity index (χ4v) is 2.70. The molecule has 26 heavy (non-hydrogen) atoms. The SMILES string of the molecule is Cc1oc(-c2ccccc2)nc1C(=O)OCC(=O)N[C@](C)(C#N)C1CC1. The second-order valence-corrected chi connectivity index (χ2v) is 6.50. The van der Waals surface area contributed by atoms with Crippen LogP contribution in [0, 0.1) is 24.2 Å². The van der Waals surface area contributed by atoms with Gasteiger partial charge in [-0.15, -0.1) is 0 Å². The molecule has 0 bridgehead atoms. The maximum atomic E-state index is 12.2. The second-order valence-electron chi connectivity index (χ2n) is 6.50. The summed E-state index contributed by atoms with van der Waals surface area (Å²) in [5, 5.41) is 11.9. The van der Waals surface area contributed by atoms with Crippen molar-refractivity contribution < 1.29 is 18.7 Å². The molecule has 1 N–H and O–H groups in total. The monoisotopic (exact) mass is 353 g/mol. The van der Waals surface area contributed by atoms with Gasteiger partial charge in [0, 0.05) is 5.56 Å². The Morgan fingerprint density at radius 1 is 1.38 bits per heavy atom. The molecule has 1 atom stereocenters. The average molecular weight is 353 g/mol. The molecule has 1 aromatic heterocycles. The lowest BCUT2D eigenvalue weighted by molar-refractivity contribution is -0.125. The number of hydrogen-bond acceptors (Lipinski definition) is 6. The molecule has 0 saturated heterocycles. The number of carbonyl (C=O) groups excluding carboxylic acids is 2. The van der Waals surface area contributed by atoms with Crippen LogP contribution in [-0.4, -0.2) is 29.0 Å². The summed E-state index contributed by atoms with van der Waals surface area (Å²) in [6, 6.07) is 11.3. The van der Waals surface area contributed by atoms with Gasteiger partial charge in [-0.25, -0.2) is 9.78 Å². The fraction of sp³-hybridized carbons (Fsp3) is 0.368. The van der Waals surface area contributed by atoms with Gasteiger partial charge in [0.15, 0.2) is 12.3 Å². The maximum Gasteiger partial charge on any atom is 0.361 e. The molecular weight excluding hydrogens is 334 g/mol. The summed E-state index contributed by atoms with van der Waals surface area (Å²) < 4.78 is 10.5. The summed E-state index contributed by atoms with van der Waals surface area (Å²) in [7, 11) is 0. The van der Waals surface area contributed by atoms with E-state index in [9.17, 15) is 14.9 Å². The van der Waals surface area contributed by atoms with Crippen LogP contribution in [0.4, 0.5) is 0 Å². The first kappa shape index (κ1) is 17.7. The number of benzene rings is 1. The van der Waals surface area contributed by atoms with Gasteiger partial charge < -0.3 is 14.5 Å². The number of carbonyl (C=O) groups is 2. The van der Waals surface area contributed by atoms with E-state index in [2.05, 4.69) is 16.4 Å². The third kappa shape index (κ3) is 3.75. The lowest BCUT2D eigenvalue weighted by atomic mass is 9.98. The van der Waals surface area contributed by atoms with Crippen molar-refractivity contribution in [1.29, 1.82) is 5.26 Å². The number of rotatable bonds is 6. The zero-order valence-electron chi connectivity index (χ0n) is 14.6. The van der Waals surface area contributed by atoms with E-state index in [1.54, 1.807) is 13.8 Å². The van der Waals surface area contributed by atoms with E-state index < -0.39 is 24.0 Å². The Labute approximate surface area is 151 Å². The van der Waals surface area contributed by atoms with Gasteiger partial charge in [-0.05, 0) is 44.7 Å². The van der Waals surface area contributed by atoms with Gasteiger partial charge in [0.05, 0.1) is 6.07 Å². The number of esters is 1. The van der Waals surface area contributed by atoms with E-state index in [1.165, 1.54) is 0 Å². The van der Waals surface area contributed by atoms with Crippen LogP contribution in [0.2, 0.25) is 0 Å². The third-order valence-electron chi connectivity index (χ3n) is 4.37. The van der Waals surface area contributed by atoms with Gasteiger partial charge in [-0.1, -0.05) is 18.2 Å². The van der Waals surface area contributed by atoms with E-state index in [0.29, 0.717) is 11.7 Å². The zero-order valence-corrected chi connectivity index (χ0v) is 14.6. The van der Waals surface area contributed by atoms with Gasteiger partial charge in [0.2, 0.25) is 5.89 Å². The number of amides is 1.